The Labute approximate surface area is 127 Å². The van der Waals surface area contributed by atoms with Crippen LogP contribution in [0.2, 0.25) is 5.02 Å². The van der Waals surface area contributed by atoms with Gasteiger partial charge in [0.1, 0.15) is 0 Å². The molecule has 0 bridgehead atoms. The molecule has 3 nitrogen and oxygen atoms in total. The summed E-state index contributed by atoms with van der Waals surface area (Å²) in [6, 6.07) is 13.0. The van der Waals surface area contributed by atoms with Gasteiger partial charge in [0.05, 0.1) is 6.04 Å². The van der Waals surface area contributed by atoms with Crippen molar-refractivity contribution in [2.45, 2.75) is 13.0 Å². The monoisotopic (exact) mass is 307 g/mol. The number of amides is 1. The Kier molecular flexibility index (Phi) is 5.17. The van der Waals surface area contributed by atoms with Crippen molar-refractivity contribution in [1.29, 1.82) is 0 Å². The Morgan fingerprint density at radius 1 is 1.24 bits per heavy atom. The largest absolute Gasteiger partial charge is 0.481 e. The van der Waals surface area contributed by atoms with Gasteiger partial charge in [0.15, 0.2) is 18.2 Å². The number of para-hydroxylation sites is 1. The van der Waals surface area contributed by atoms with Crippen LogP contribution in [0.15, 0.2) is 48.5 Å². The number of hydrogen-bond donors (Lipinski definition) is 1. The molecule has 1 N–H and O–H groups in total. The standard InChI is InChI=1S/C16H15ClFNO2/c1-11(12-6-8-13(17)9-7-12)19-16(20)10-21-15-5-3-2-4-14(15)18/h2-9,11H,10H2,1H3,(H,19,20)/t11-/m0/s1. The fraction of sp³-hybridized carbons (Fsp3) is 0.188. The first-order valence-corrected chi connectivity index (χ1v) is 6.86. The van der Waals surface area contributed by atoms with Crippen LogP contribution in [-0.2, 0) is 4.79 Å². The Hall–Kier alpha value is -2.07. The van der Waals surface area contributed by atoms with E-state index in [0.29, 0.717) is 5.02 Å². The maximum Gasteiger partial charge on any atom is 0.258 e. The van der Waals surface area contributed by atoms with Gasteiger partial charge in [-0.25, -0.2) is 4.39 Å². The number of rotatable bonds is 5. The first-order valence-electron chi connectivity index (χ1n) is 6.48. The topological polar surface area (TPSA) is 38.3 Å². The SMILES string of the molecule is C[C@H](NC(=O)COc1ccccc1F)c1ccc(Cl)cc1. The van der Waals surface area contributed by atoms with E-state index in [-0.39, 0.29) is 24.3 Å². The van der Waals surface area contributed by atoms with Gasteiger partial charge in [-0.05, 0) is 36.8 Å². The van der Waals surface area contributed by atoms with E-state index in [1.54, 1.807) is 24.3 Å². The van der Waals surface area contributed by atoms with E-state index in [9.17, 15) is 9.18 Å². The fourth-order valence-electron chi connectivity index (χ4n) is 1.82. The molecule has 0 radical (unpaired) electrons. The molecule has 1 atom stereocenters. The quantitative estimate of drug-likeness (QED) is 0.914. The minimum absolute atomic E-state index is 0.0618. The molecule has 2 aromatic carbocycles. The highest BCUT2D eigenvalue weighted by molar-refractivity contribution is 6.30. The van der Waals surface area contributed by atoms with Crippen LogP contribution in [0.25, 0.3) is 0 Å². The summed E-state index contributed by atoms with van der Waals surface area (Å²) in [5.74, 6) is -0.747. The zero-order chi connectivity index (χ0) is 15.2. The zero-order valence-electron chi connectivity index (χ0n) is 11.5. The number of benzene rings is 2. The molecule has 0 fully saturated rings. The number of ether oxygens (including phenoxy) is 1. The Morgan fingerprint density at radius 2 is 1.90 bits per heavy atom. The van der Waals surface area contributed by atoms with Gasteiger partial charge < -0.3 is 10.1 Å². The van der Waals surface area contributed by atoms with Crippen LogP contribution in [0.3, 0.4) is 0 Å². The lowest BCUT2D eigenvalue weighted by molar-refractivity contribution is -0.123. The van der Waals surface area contributed by atoms with E-state index in [0.717, 1.165) is 5.56 Å². The van der Waals surface area contributed by atoms with Crippen molar-refractivity contribution < 1.29 is 13.9 Å². The van der Waals surface area contributed by atoms with Crippen molar-refractivity contribution in [3.63, 3.8) is 0 Å². The smallest absolute Gasteiger partial charge is 0.258 e. The van der Waals surface area contributed by atoms with Gasteiger partial charge in [-0.2, -0.15) is 0 Å². The normalized spacial score (nSPS) is 11.8. The predicted octanol–water partition coefficient (Wildman–Crippen LogP) is 3.74. The summed E-state index contributed by atoms with van der Waals surface area (Å²) < 4.78 is 18.5. The molecule has 0 saturated carbocycles. The second-order valence-electron chi connectivity index (χ2n) is 4.56. The summed E-state index contributed by atoms with van der Waals surface area (Å²) in [5.41, 5.74) is 0.929. The van der Waals surface area contributed by atoms with Crippen LogP contribution in [0.4, 0.5) is 4.39 Å². The number of hydrogen-bond acceptors (Lipinski definition) is 2. The highest BCUT2D eigenvalue weighted by Gasteiger charge is 2.11. The predicted molar refractivity (Wildman–Crippen MR) is 79.9 cm³/mol. The average Bonchev–Trinajstić information content (AvgIpc) is 2.47. The lowest BCUT2D eigenvalue weighted by Gasteiger charge is -2.15. The van der Waals surface area contributed by atoms with E-state index < -0.39 is 5.82 Å². The summed E-state index contributed by atoms with van der Waals surface area (Å²) in [6.07, 6.45) is 0. The molecule has 0 unspecified atom stereocenters. The first kappa shape index (κ1) is 15.3. The van der Waals surface area contributed by atoms with Crippen LogP contribution < -0.4 is 10.1 Å². The summed E-state index contributed by atoms with van der Waals surface area (Å²) in [4.78, 5) is 11.8. The van der Waals surface area contributed by atoms with Crippen molar-refractivity contribution in [2.75, 3.05) is 6.61 Å². The van der Waals surface area contributed by atoms with Gasteiger partial charge in [0.25, 0.3) is 5.91 Å². The second-order valence-corrected chi connectivity index (χ2v) is 5.00. The van der Waals surface area contributed by atoms with Crippen LogP contribution in [0, 0.1) is 5.82 Å². The fourth-order valence-corrected chi connectivity index (χ4v) is 1.95. The van der Waals surface area contributed by atoms with Gasteiger partial charge in [-0.15, -0.1) is 0 Å². The van der Waals surface area contributed by atoms with Gasteiger partial charge >= 0.3 is 0 Å². The molecule has 21 heavy (non-hydrogen) atoms. The highest BCUT2D eigenvalue weighted by atomic mass is 35.5. The molecule has 0 aliphatic carbocycles. The van der Waals surface area contributed by atoms with Gasteiger partial charge in [0, 0.05) is 5.02 Å². The summed E-state index contributed by atoms with van der Waals surface area (Å²) >= 11 is 5.81. The van der Waals surface area contributed by atoms with Crippen LogP contribution in [0.1, 0.15) is 18.5 Å². The molecule has 110 valence electrons. The van der Waals surface area contributed by atoms with Crippen LogP contribution in [0.5, 0.6) is 5.75 Å². The molecule has 0 aliphatic heterocycles. The first-order chi connectivity index (χ1) is 10.1. The molecule has 2 rings (SSSR count). The number of carbonyl (C=O) groups excluding carboxylic acids is 1. The van der Waals surface area contributed by atoms with E-state index in [4.69, 9.17) is 16.3 Å². The molecular weight excluding hydrogens is 293 g/mol. The number of halogens is 2. The highest BCUT2D eigenvalue weighted by Crippen LogP contribution is 2.17. The molecule has 0 saturated heterocycles. The lowest BCUT2D eigenvalue weighted by atomic mass is 10.1. The molecule has 0 aliphatic rings. The summed E-state index contributed by atoms with van der Waals surface area (Å²) in [6.45, 7) is 1.61. The summed E-state index contributed by atoms with van der Waals surface area (Å²) in [7, 11) is 0. The number of nitrogens with one attached hydrogen (secondary N) is 1. The Bertz CT molecular complexity index is 616. The lowest BCUT2D eigenvalue weighted by Crippen LogP contribution is -2.31. The molecule has 5 heteroatoms. The van der Waals surface area contributed by atoms with Crippen LogP contribution in [-0.4, -0.2) is 12.5 Å². The Balaban J connectivity index is 1.87. The molecule has 2 aromatic rings. The third kappa shape index (κ3) is 4.46. The summed E-state index contributed by atoms with van der Waals surface area (Å²) in [5, 5.41) is 3.41. The molecule has 0 aromatic heterocycles. The molecule has 1 amide bonds. The van der Waals surface area contributed by atoms with Crippen molar-refractivity contribution in [1.82, 2.24) is 5.32 Å². The zero-order valence-corrected chi connectivity index (χ0v) is 12.2. The van der Waals surface area contributed by atoms with E-state index in [2.05, 4.69) is 5.32 Å². The molecule has 0 spiro atoms. The van der Waals surface area contributed by atoms with Crippen molar-refractivity contribution in [2.24, 2.45) is 0 Å². The molecule has 0 heterocycles. The third-order valence-electron chi connectivity index (χ3n) is 2.94. The van der Waals surface area contributed by atoms with E-state index in [1.165, 1.54) is 12.1 Å². The average molecular weight is 308 g/mol. The van der Waals surface area contributed by atoms with E-state index in [1.807, 2.05) is 19.1 Å². The van der Waals surface area contributed by atoms with Crippen molar-refractivity contribution in [3.8, 4) is 5.75 Å². The van der Waals surface area contributed by atoms with Gasteiger partial charge in [-0.1, -0.05) is 35.9 Å². The third-order valence-corrected chi connectivity index (χ3v) is 3.19. The van der Waals surface area contributed by atoms with E-state index >= 15 is 0 Å². The number of carbonyl (C=O) groups is 1. The van der Waals surface area contributed by atoms with Crippen molar-refractivity contribution >= 4 is 17.5 Å². The maximum absolute atomic E-state index is 13.3. The maximum atomic E-state index is 13.3. The van der Waals surface area contributed by atoms with Crippen LogP contribution >= 0.6 is 11.6 Å². The minimum Gasteiger partial charge on any atom is -0.481 e. The van der Waals surface area contributed by atoms with Gasteiger partial charge in [-0.3, -0.25) is 4.79 Å². The molecular formula is C16H15ClFNO2. The van der Waals surface area contributed by atoms with Crippen molar-refractivity contribution in [3.05, 3.63) is 64.9 Å². The second kappa shape index (κ2) is 7.09. The Morgan fingerprint density at radius 3 is 2.57 bits per heavy atom. The van der Waals surface area contributed by atoms with Gasteiger partial charge in [0.2, 0.25) is 0 Å². The minimum atomic E-state index is -0.490.